The predicted octanol–water partition coefficient (Wildman–Crippen LogP) is 0.709. The minimum atomic E-state index is -1.08. The molecule has 0 spiro atoms. The Balaban J connectivity index is 2.20. The molecule has 14 heavy (non-hydrogen) atoms. The van der Waals surface area contributed by atoms with Gasteiger partial charge in [0.15, 0.2) is 0 Å². The molecule has 0 unspecified atom stereocenters. The number of anilines is 1. The fourth-order valence-electron chi connectivity index (χ4n) is 1.28. The molecule has 1 saturated carbocycles. The van der Waals surface area contributed by atoms with E-state index >= 15 is 0 Å². The number of hydrogen-bond acceptors (Lipinski definition) is 4. The molecule has 0 aromatic carbocycles. The normalized spacial score (nSPS) is 15.4. The third-order valence-electron chi connectivity index (χ3n) is 2.27. The van der Waals surface area contributed by atoms with Gasteiger partial charge < -0.3 is 10.8 Å². The molecule has 5 heteroatoms. The zero-order valence-corrected chi connectivity index (χ0v) is 7.60. The molecular weight excluding hydrogens is 182 g/mol. The molecule has 1 fully saturated rings. The number of aromatic carboxylic acids is 1. The minimum absolute atomic E-state index is 0.0236. The Morgan fingerprint density at radius 1 is 1.64 bits per heavy atom. The predicted molar refractivity (Wildman–Crippen MR) is 49.8 cm³/mol. The largest absolute Gasteiger partial charge is 0.477 e. The molecule has 1 aromatic rings. The van der Waals surface area contributed by atoms with Gasteiger partial charge in [0.2, 0.25) is 0 Å². The van der Waals surface area contributed by atoms with Crippen LogP contribution in [0.25, 0.3) is 0 Å². The molecule has 3 N–H and O–H groups in total. The second-order valence-corrected chi connectivity index (χ2v) is 3.54. The number of carbonyl (C=O) groups is 1. The van der Waals surface area contributed by atoms with Gasteiger partial charge in [-0.3, -0.25) is 0 Å². The molecule has 0 aliphatic heterocycles. The van der Waals surface area contributed by atoms with Crippen LogP contribution in [0.4, 0.5) is 5.82 Å². The average Bonchev–Trinajstić information content (AvgIpc) is 2.87. The van der Waals surface area contributed by atoms with Crippen LogP contribution in [0.1, 0.15) is 29.0 Å². The molecule has 0 atom stereocenters. The Bertz CT molecular complexity index is 374. The summed E-state index contributed by atoms with van der Waals surface area (Å²) in [6.07, 6.45) is 4.51. The van der Waals surface area contributed by atoms with Crippen molar-refractivity contribution < 1.29 is 9.90 Å². The van der Waals surface area contributed by atoms with E-state index < -0.39 is 5.97 Å². The second kappa shape index (κ2) is 3.25. The fourth-order valence-corrected chi connectivity index (χ4v) is 1.28. The first-order chi connectivity index (χ1) is 6.66. The molecule has 1 aliphatic carbocycles. The van der Waals surface area contributed by atoms with Gasteiger partial charge in [0, 0.05) is 12.6 Å². The molecule has 1 aliphatic rings. The number of rotatable bonds is 3. The van der Waals surface area contributed by atoms with E-state index in [9.17, 15) is 4.79 Å². The summed E-state index contributed by atoms with van der Waals surface area (Å²) in [7, 11) is 0. The van der Waals surface area contributed by atoms with Gasteiger partial charge in [-0.2, -0.15) is 0 Å². The highest BCUT2D eigenvalue weighted by atomic mass is 16.4. The molecule has 1 heterocycles. The number of hydrogen-bond donors (Lipinski definition) is 2. The van der Waals surface area contributed by atoms with E-state index in [0.29, 0.717) is 11.7 Å². The number of carboxylic acids is 1. The Morgan fingerprint density at radius 3 is 2.86 bits per heavy atom. The zero-order valence-electron chi connectivity index (χ0n) is 7.60. The topological polar surface area (TPSA) is 89.1 Å². The Morgan fingerprint density at radius 2 is 2.36 bits per heavy atom. The van der Waals surface area contributed by atoms with Crippen molar-refractivity contribution in [3.63, 3.8) is 0 Å². The zero-order chi connectivity index (χ0) is 10.1. The maximum atomic E-state index is 10.6. The van der Waals surface area contributed by atoms with Crippen molar-refractivity contribution in [3.8, 4) is 0 Å². The maximum Gasteiger partial charge on any atom is 0.341 e. The van der Waals surface area contributed by atoms with Crippen LogP contribution in [0.5, 0.6) is 0 Å². The first kappa shape index (κ1) is 8.93. The maximum absolute atomic E-state index is 10.6. The summed E-state index contributed by atoms with van der Waals surface area (Å²) in [5.74, 6) is 0.295. The van der Waals surface area contributed by atoms with Crippen LogP contribution in [-0.2, 0) is 6.42 Å². The van der Waals surface area contributed by atoms with Gasteiger partial charge in [-0.1, -0.05) is 0 Å². The summed E-state index contributed by atoms with van der Waals surface area (Å²) >= 11 is 0. The van der Waals surface area contributed by atoms with Crippen molar-refractivity contribution in [2.24, 2.45) is 5.92 Å². The summed E-state index contributed by atoms with van der Waals surface area (Å²) < 4.78 is 0. The molecule has 1 aromatic heterocycles. The summed E-state index contributed by atoms with van der Waals surface area (Å²) in [6.45, 7) is 0. The summed E-state index contributed by atoms with van der Waals surface area (Å²) in [4.78, 5) is 18.5. The third kappa shape index (κ3) is 1.81. The van der Waals surface area contributed by atoms with Gasteiger partial charge in [0.1, 0.15) is 17.2 Å². The SMILES string of the molecule is Nc1nc(CC2CC2)ncc1C(=O)O. The van der Waals surface area contributed by atoms with Crippen LogP contribution in [-0.4, -0.2) is 21.0 Å². The quantitative estimate of drug-likeness (QED) is 0.737. The van der Waals surface area contributed by atoms with E-state index in [-0.39, 0.29) is 11.4 Å². The third-order valence-corrected chi connectivity index (χ3v) is 2.27. The molecular formula is C9H11N3O2. The second-order valence-electron chi connectivity index (χ2n) is 3.54. The average molecular weight is 193 g/mol. The highest BCUT2D eigenvalue weighted by Crippen LogP contribution is 2.31. The molecule has 0 radical (unpaired) electrons. The Labute approximate surface area is 81.0 Å². The van der Waals surface area contributed by atoms with Gasteiger partial charge in [-0.15, -0.1) is 0 Å². The fraction of sp³-hybridized carbons (Fsp3) is 0.444. The lowest BCUT2D eigenvalue weighted by Crippen LogP contribution is -2.08. The highest BCUT2D eigenvalue weighted by molar-refractivity contribution is 5.92. The Hall–Kier alpha value is -1.65. The minimum Gasteiger partial charge on any atom is -0.477 e. The van der Waals surface area contributed by atoms with Crippen LogP contribution in [0, 0.1) is 5.92 Å². The number of aromatic nitrogens is 2. The van der Waals surface area contributed by atoms with E-state index in [1.165, 1.54) is 19.0 Å². The van der Waals surface area contributed by atoms with Crippen LogP contribution in [0.3, 0.4) is 0 Å². The lowest BCUT2D eigenvalue weighted by Gasteiger charge is -2.01. The molecule has 0 bridgehead atoms. The van der Waals surface area contributed by atoms with Gasteiger partial charge in [-0.05, 0) is 18.8 Å². The van der Waals surface area contributed by atoms with E-state index in [1.807, 2.05) is 0 Å². The van der Waals surface area contributed by atoms with Gasteiger partial charge >= 0.3 is 5.97 Å². The van der Waals surface area contributed by atoms with Crippen molar-refractivity contribution >= 4 is 11.8 Å². The standard InChI is InChI=1S/C9H11N3O2/c10-8-6(9(13)14)4-11-7(12-8)3-5-1-2-5/h4-5H,1-3H2,(H,13,14)(H2,10,11,12). The van der Waals surface area contributed by atoms with E-state index in [4.69, 9.17) is 10.8 Å². The van der Waals surface area contributed by atoms with E-state index in [2.05, 4.69) is 9.97 Å². The molecule has 2 rings (SSSR count). The lowest BCUT2D eigenvalue weighted by molar-refractivity contribution is 0.0697. The van der Waals surface area contributed by atoms with Gasteiger partial charge in [0.25, 0.3) is 0 Å². The van der Waals surface area contributed by atoms with Crippen LogP contribution >= 0.6 is 0 Å². The van der Waals surface area contributed by atoms with E-state index in [0.717, 1.165) is 6.42 Å². The summed E-state index contributed by atoms with van der Waals surface area (Å²) in [5.41, 5.74) is 5.46. The van der Waals surface area contributed by atoms with Crippen molar-refractivity contribution in [3.05, 3.63) is 17.6 Å². The number of nitrogen functional groups attached to an aromatic ring is 1. The van der Waals surface area contributed by atoms with Crippen molar-refractivity contribution in [2.45, 2.75) is 19.3 Å². The van der Waals surface area contributed by atoms with Crippen molar-refractivity contribution in [2.75, 3.05) is 5.73 Å². The first-order valence-corrected chi connectivity index (χ1v) is 4.51. The molecule has 5 nitrogen and oxygen atoms in total. The molecule has 0 saturated heterocycles. The lowest BCUT2D eigenvalue weighted by atomic mass is 10.2. The number of nitrogens with zero attached hydrogens (tertiary/aromatic N) is 2. The van der Waals surface area contributed by atoms with Gasteiger partial charge in [0.05, 0.1) is 0 Å². The van der Waals surface area contributed by atoms with Crippen LogP contribution < -0.4 is 5.73 Å². The summed E-state index contributed by atoms with van der Waals surface area (Å²) in [6, 6.07) is 0. The molecule has 74 valence electrons. The smallest absolute Gasteiger partial charge is 0.341 e. The highest BCUT2D eigenvalue weighted by Gasteiger charge is 2.23. The van der Waals surface area contributed by atoms with Gasteiger partial charge in [-0.25, -0.2) is 14.8 Å². The number of nitrogens with two attached hydrogens (primary N) is 1. The first-order valence-electron chi connectivity index (χ1n) is 4.51. The van der Waals surface area contributed by atoms with Crippen molar-refractivity contribution in [1.29, 1.82) is 0 Å². The Kier molecular flexibility index (Phi) is 2.07. The molecule has 0 amide bonds. The van der Waals surface area contributed by atoms with E-state index in [1.54, 1.807) is 0 Å². The summed E-state index contributed by atoms with van der Waals surface area (Å²) in [5, 5.41) is 8.69. The van der Waals surface area contributed by atoms with Crippen molar-refractivity contribution in [1.82, 2.24) is 9.97 Å². The van der Waals surface area contributed by atoms with Crippen LogP contribution in [0.2, 0.25) is 0 Å². The monoisotopic (exact) mass is 193 g/mol. The van der Waals surface area contributed by atoms with Crippen LogP contribution in [0.15, 0.2) is 6.20 Å². The number of carboxylic acid groups (broad SMARTS) is 1.